The summed E-state index contributed by atoms with van der Waals surface area (Å²) in [6.07, 6.45) is 7.06. The van der Waals surface area contributed by atoms with Gasteiger partial charge < -0.3 is 15.0 Å². The molecule has 7 heteroatoms. The van der Waals surface area contributed by atoms with Gasteiger partial charge in [0.15, 0.2) is 0 Å². The Morgan fingerprint density at radius 3 is 2.55 bits per heavy atom. The Bertz CT molecular complexity index is 410. The van der Waals surface area contributed by atoms with Gasteiger partial charge in [0.1, 0.15) is 0 Å². The standard InChI is InChI=1S/C13H23N5OS/c1-19-13-16-11(14-7-10-20-2)15-12(17-13)18-8-5-3-4-6-9-18/h3-10H2,1-2H3,(H,14,15,16,17). The van der Waals surface area contributed by atoms with Gasteiger partial charge in [0.25, 0.3) is 0 Å². The minimum atomic E-state index is 0.380. The van der Waals surface area contributed by atoms with Crippen molar-refractivity contribution in [1.82, 2.24) is 15.0 Å². The Balaban J connectivity index is 2.11. The van der Waals surface area contributed by atoms with E-state index in [0.29, 0.717) is 12.0 Å². The van der Waals surface area contributed by atoms with Gasteiger partial charge >= 0.3 is 6.01 Å². The third-order valence-electron chi connectivity index (χ3n) is 3.26. The SMILES string of the molecule is COc1nc(NCCSC)nc(N2CCCCCC2)n1. The molecule has 0 aliphatic carbocycles. The molecule has 20 heavy (non-hydrogen) atoms. The molecule has 0 amide bonds. The number of nitrogens with zero attached hydrogens (tertiary/aromatic N) is 4. The van der Waals surface area contributed by atoms with Gasteiger partial charge in [0, 0.05) is 25.4 Å². The van der Waals surface area contributed by atoms with Crippen LogP contribution in [0.4, 0.5) is 11.9 Å². The first-order valence-corrected chi connectivity index (χ1v) is 8.50. The molecule has 112 valence electrons. The van der Waals surface area contributed by atoms with E-state index in [9.17, 15) is 0 Å². The smallest absolute Gasteiger partial charge is 0.322 e. The maximum Gasteiger partial charge on any atom is 0.322 e. The number of nitrogens with one attached hydrogen (secondary N) is 1. The van der Waals surface area contributed by atoms with E-state index in [1.165, 1.54) is 25.7 Å². The number of hydrogen-bond acceptors (Lipinski definition) is 7. The average Bonchev–Trinajstić information content (AvgIpc) is 2.76. The summed E-state index contributed by atoms with van der Waals surface area (Å²) in [6, 6.07) is 0.380. The maximum atomic E-state index is 5.19. The van der Waals surface area contributed by atoms with Crippen LogP contribution in [0.3, 0.4) is 0 Å². The van der Waals surface area contributed by atoms with E-state index in [4.69, 9.17) is 4.74 Å². The molecule has 2 rings (SSSR count). The van der Waals surface area contributed by atoms with E-state index in [-0.39, 0.29) is 0 Å². The van der Waals surface area contributed by atoms with Gasteiger partial charge in [0.2, 0.25) is 11.9 Å². The molecule has 2 heterocycles. The average molecular weight is 297 g/mol. The van der Waals surface area contributed by atoms with Crippen molar-refractivity contribution in [2.45, 2.75) is 25.7 Å². The van der Waals surface area contributed by atoms with Gasteiger partial charge in [0.05, 0.1) is 7.11 Å². The molecular formula is C13H23N5OS. The number of aromatic nitrogens is 3. The van der Waals surface area contributed by atoms with Crippen molar-refractivity contribution in [3.05, 3.63) is 0 Å². The highest BCUT2D eigenvalue weighted by Crippen LogP contribution is 2.19. The Morgan fingerprint density at radius 1 is 1.15 bits per heavy atom. The predicted molar refractivity (Wildman–Crippen MR) is 83.9 cm³/mol. The van der Waals surface area contributed by atoms with Gasteiger partial charge in [-0.15, -0.1) is 0 Å². The van der Waals surface area contributed by atoms with E-state index >= 15 is 0 Å². The molecule has 0 radical (unpaired) electrons. The maximum absolute atomic E-state index is 5.19. The summed E-state index contributed by atoms with van der Waals surface area (Å²) in [7, 11) is 1.59. The van der Waals surface area contributed by atoms with Gasteiger partial charge in [-0.3, -0.25) is 0 Å². The van der Waals surface area contributed by atoms with Crippen LogP contribution in [0.1, 0.15) is 25.7 Å². The molecule has 0 saturated carbocycles. The highest BCUT2D eigenvalue weighted by Gasteiger charge is 2.15. The second kappa shape index (κ2) is 8.14. The molecule has 1 fully saturated rings. The molecule has 0 aromatic carbocycles. The van der Waals surface area contributed by atoms with Crippen LogP contribution >= 0.6 is 11.8 Å². The minimum Gasteiger partial charge on any atom is -0.467 e. The van der Waals surface area contributed by atoms with Crippen molar-refractivity contribution < 1.29 is 4.74 Å². The normalized spacial score (nSPS) is 15.8. The van der Waals surface area contributed by atoms with E-state index in [1.807, 2.05) is 0 Å². The summed E-state index contributed by atoms with van der Waals surface area (Å²) in [4.78, 5) is 15.4. The molecule has 0 unspecified atom stereocenters. The lowest BCUT2D eigenvalue weighted by molar-refractivity contribution is 0.378. The third kappa shape index (κ3) is 4.40. The van der Waals surface area contributed by atoms with Gasteiger partial charge in [-0.05, 0) is 19.1 Å². The van der Waals surface area contributed by atoms with Crippen molar-refractivity contribution in [2.75, 3.05) is 49.0 Å². The molecule has 1 aliphatic rings. The molecule has 6 nitrogen and oxygen atoms in total. The molecule has 1 aromatic rings. The van der Waals surface area contributed by atoms with E-state index in [0.717, 1.165) is 31.3 Å². The molecule has 1 saturated heterocycles. The van der Waals surface area contributed by atoms with Crippen LogP contribution < -0.4 is 15.0 Å². The highest BCUT2D eigenvalue weighted by atomic mass is 32.2. The summed E-state index contributed by atoms with van der Waals surface area (Å²) in [5.74, 6) is 2.35. The summed E-state index contributed by atoms with van der Waals surface area (Å²) in [6.45, 7) is 2.86. The van der Waals surface area contributed by atoms with Gasteiger partial charge in [-0.2, -0.15) is 26.7 Å². The molecular weight excluding hydrogens is 274 g/mol. The minimum absolute atomic E-state index is 0.380. The lowest BCUT2D eigenvalue weighted by Gasteiger charge is -2.20. The summed E-state index contributed by atoms with van der Waals surface area (Å²) in [5.41, 5.74) is 0. The van der Waals surface area contributed by atoms with Gasteiger partial charge in [-0.1, -0.05) is 12.8 Å². The van der Waals surface area contributed by atoms with Crippen LogP contribution in [0, 0.1) is 0 Å². The zero-order valence-corrected chi connectivity index (χ0v) is 13.1. The number of thioether (sulfide) groups is 1. The first-order chi connectivity index (χ1) is 9.83. The fraction of sp³-hybridized carbons (Fsp3) is 0.769. The molecule has 0 spiro atoms. The molecule has 1 aliphatic heterocycles. The number of methoxy groups -OCH3 is 1. The van der Waals surface area contributed by atoms with Crippen LogP contribution in [0.5, 0.6) is 6.01 Å². The quantitative estimate of drug-likeness (QED) is 0.806. The first kappa shape index (κ1) is 15.2. The molecule has 1 aromatic heterocycles. The van der Waals surface area contributed by atoms with Crippen LogP contribution in [0.15, 0.2) is 0 Å². The van der Waals surface area contributed by atoms with Crippen molar-refractivity contribution in [3.63, 3.8) is 0 Å². The highest BCUT2D eigenvalue weighted by molar-refractivity contribution is 7.98. The second-order valence-electron chi connectivity index (χ2n) is 4.77. The lowest BCUT2D eigenvalue weighted by atomic mass is 10.2. The van der Waals surface area contributed by atoms with Crippen LogP contribution in [0.2, 0.25) is 0 Å². The monoisotopic (exact) mass is 297 g/mol. The fourth-order valence-corrected chi connectivity index (χ4v) is 2.50. The van der Waals surface area contributed by atoms with E-state index < -0.39 is 0 Å². The third-order valence-corrected chi connectivity index (χ3v) is 3.88. The van der Waals surface area contributed by atoms with Crippen molar-refractivity contribution in [1.29, 1.82) is 0 Å². The van der Waals surface area contributed by atoms with Crippen LogP contribution in [-0.4, -0.2) is 53.7 Å². The number of anilines is 2. The lowest BCUT2D eigenvalue weighted by Crippen LogP contribution is -2.27. The predicted octanol–water partition coefficient (Wildman–Crippen LogP) is 2.04. The zero-order valence-electron chi connectivity index (χ0n) is 12.3. The first-order valence-electron chi connectivity index (χ1n) is 7.11. The Kier molecular flexibility index (Phi) is 6.17. The zero-order chi connectivity index (χ0) is 14.2. The Labute approximate surface area is 124 Å². The van der Waals surface area contributed by atoms with Crippen LogP contribution in [-0.2, 0) is 0 Å². The Morgan fingerprint density at radius 2 is 1.90 bits per heavy atom. The fourth-order valence-electron chi connectivity index (χ4n) is 2.19. The van der Waals surface area contributed by atoms with E-state index in [1.54, 1.807) is 18.9 Å². The topological polar surface area (TPSA) is 63.2 Å². The van der Waals surface area contributed by atoms with Crippen molar-refractivity contribution in [3.8, 4) is 6.01 Å². The van der Waals surface area contributed by atoms with Crippen LogP contribution in [0.25, 0.3) is 0 Å². The Hall–Kier alpha value is -1.24. The summed E-state index contributed by atoms with van der Waals surface area (Å²) in [5, 5.41) is 3.23. The molecule has 1 N–H and O–H groups in total. The number of hydrogen-bond donors (Lipinski definition) is 1. The summed E-state index contributed by atoms with van der Waals surface area (Å²) < 4.78 is 5.19. The number of ether oxygens (including phenoxy) is 1. The molecule has 0 bridgehead atoms. The van der Waals surface area contributed by atoms with E-state index in [2.05, 4.69) is 31.4 Å². The number of rotatable bonds is 6. The van der Waals surface area contributed by atoms with Crippen molar-refractivity contribution >= 4 is 23.7 Å². The van der Waals surface area contributed by atoms with Crippen molar-refractivity contribution in [2.24, 2.45) is 0 Å². The molecule has 0 atom stereocenters. The second-order valence-corrected chi connectivity index (χ2v) is 5.75. The largest absolute Gasteiger partial charge is 0.467 e. The van der Waals surface area contributed by atoms with Gasteiger partial charge in [-0.25, -0.2) is 0 Å². The summed E-state index contributed by atoms with van der Waals surface area (Å²) >= 11 is 1.79.